The standard InChI is InChI=1S/C14H14N4O3/c1-9-13(8-15-10-2-3-10)14(19)17(16-9)11-4-6-12(7-5-11)18(20)21/h4-8,10,16H,2-3H2,1H3. The highest BCUT2D eigenvalue weighted by Gasteiger charge is 2.20. The number of H-pyrrole nitrogens is 1. The third-order valence-corrected chi connectivity index (χ3v) is 3.40. The van der Waals surface area contributed by atoms with E-state index >= 15 is 0 Å². The fraction of sp³-hybridized carbons (Fsp3) is 0.286. The molecular formula is C14H14N4O3. The molecule has 1 aliphatic carbocycles. The lowest BCUT2D eigenvalue weighted by Crippen LogP contribution is -2.17. The Morgan fingerprint density at radius 2 is 2.05 bits per heavy atom. The second kappa shape index (κ2) is 5.01. The van der Waals surface area contributed by atoms with E-state index in [0.717, 1.165) is 18.5 Å². The zero-order valence-corrected chi connectivity index (χ0v) is 11.4. The van der Waals surface area contributed by atoms with Gasteiger partial charge < -0.3 is 0 Å². The van der Waals surface area contributed by atoms with Crippen molar-refractivity contribution in [2.75, 3.05) is 0 Å². The number of hydrogen-bond acceptors (Lipinski definition) is 4. The maximum atomic E-state index is 12.3. The molecule has 1 N–H and O–H groups in total. The molecule has 7 nitrogen and oxygen atoms in total. The molecule has 3 rings (SSSR count). The summed E-state index contributed by atoms with van der Waals surface area (Å²) >= 11 is 0. The minimum absolute atomic E-state index is 0.00871. The molecule has 0 atom stereocenters. The van der Waals surface area contributed by atoms with Crippen LogP contribution < -0.4 is 5.56 Å². The number of aromatic nitrogens is 2. The number of nitro benzene ring substituents is 1. The van der Waals surface area contributed by atoms with Gasteiger partial charge in [0.2, 0.25) is 0 Å². The predicted octanol–water partition coefficient (Wildman–Crippen LogP) is 1.96. The van der Waals surface area contributed by atoms with Gasteiger partial charge in [-0.05, 0) is 31.9 Å². The van der Waals surface area contributed by atoms with Gasteiger partial charge in [-0.3, -0.25) is 25.0 Å². The number of nitrogens with zero attached hydrogens (tertiary/aromatic N) is 3. The molecule has 21 heavy (non-hydrogen) atoms. The van der Waals surface area contributed by atoms with Gasteiger partial charge in [0, 0.05) is 24.0 Å². The second-order valence-electron chi connectivity index (χ2n) is 5.07. The summed E-state index contributed by atoms with van der Waals surface area (Å²) < 4.78 is 1.37. The quantitative estimate of drug-likeness (QED) is 0.529. The van der Waals surface area contributed by atoms with E-state index in [1.807, 2.05) is 0 Å². The summed E-state index contributed by atoms with van der Waals surface area (Å²) in [6.45, 7) is 1.80. The summed E-state index contributed by atoms with van der Waals surface area (Å²) in [5.41, 5.74) is 1.60. The molecule has 0 bridgehead atoms. The highest BCUT2D eigenvalue weighted by atomic mass is 16.6. The summed E-state index contributed by atoms with van der Waals surface area (Å²) in [7, 11) is 0. The van der Waals surface area contributed by atoms with E-state index in [-0.39, 0.29) is 11.2 Å². The van der Waals surface area contributed by atoms with Gasteiger partial charge in [-0.15, -0.1) is 0 Å². The Bertz CT molecular complexity index is 767. The van der Waals surface area contributed by atoms with Crippen molar-refractivity contribution in [3.63, 3.8) is 0 Å². The fourth-order valence-corrected chi connectivity index (χ4v) is 2.02. The van der Waals surface area contributed by atoms with Crippen molar-refractivity contribution >= 4 is 11.9 Å². The van der Waals surface area contributed by atoms with E-state index in [0.29, 0.717) is 17.3 Å². The highest BCUT2D eigenvalue weighted by molar-refractivity contribution is 5.81. The van der Waals surface area contributed by atoms with Gasteiger partial charge in [0.1, 0.15) is 0 Å². The molecule has 1 aliphatic rings. The zero-order chi connectivity index (χ0) is 15.0. The topological polar surface area (TPSA) is 93.3 Å². The molecule has 0 aliphatic heterocycles. The molecule has 2 aromatic rings. The van der Waals surface area contributed by atoms with Crippen molar-refractivity contribution in [3.05, 3.63) is 56.0 Å². The van der Waals surface area contributed by atoms with Crippen molar-refractivity contribution < 1.29 is 4.92 Å². The van der Waals surface area contributed by atoms with Crippen LogP contribution in [0.5, 0.6) is 0 Å². The molecule has 1 fully saturated rings. The van der Waals surface area contributed by atoms with Crippen LogP contribution in [0.3, 0.4) is 0 Å². The maximum Gasteiger partial charge on any atom is 0.280 e. The van der Waals surface area contributed by atoms with Gasteiger partial charge in [0.25, 0.3) is 11.2 Å². The molecule has 0 radical (unpaired) electrons. The van der Waals surface area contributed by atoms with Crippen LogP contribution >= 0.6 is 0 Å². The minimum atomic E-state index is -0.472. The maximum absolute atomic E-state index is 12.3. The third-order valence-electron chi connectivity index (χ3n) is 3.40. The van der Waals surface area contributed by atoms with Crippen LogP contribution in [0, 0.1) is 17.0 Å². The van der Waals surface area contributed by atoms with Crippen LogP contribution in [0.25, 0.3) is 5.69 Å². The SMILES string of the molecule is Cc1[nH]n(-c2ccc([N+](=O)[O-])cc2)c(=O)c1C=NC1CC1. The molecule has 0 unspecified atom stereocenters. The Morgan fingerprint density at radius 3 is 2.62 bits per heavy atom. The molecule has 7 heteroatoms. The summed E-state index contributed by atoms with van der Waals surface area (Å²) in [5, 5.41) is 13.6. The summed E-state index contributed by atoms with van der Waals surface area (Å²) in [5.74, 6) is 0. The number of aromatic amines is 1. The summed E-state index contributed by atoms with van der Waals surface area (Å²) in [6.07, 6.45) is 3.78. The van der Waals surface area contributed by atoms with Crippen molar-refractivity contribution in [2.24, 2.45) is 4.99 Å². The van der Waals surface area contributed by atoms with E-state index in [2.05, 4.69) is 10.1 Å². The lowest BCUT2D eigenvalue weighted by molar-refractivity contribution is -0.384. The molecule has 0 saturated heterocycles. The van der Waals surface area contributed by atoms with Crippen LogP contribution in [0.15, 0.2) is 34.1 Å². The molecule has 1 aromatic carbocycles. The average Bonchev–Trinajstić information content (AvgIpc) is 3.24. The second-order valence-corrected chi connectivity index (χ2v) is 5.07. The number of non-ortho nitro benzene ring substituents is 1. The van der Waals surface area contributed by atoms with E-state index in [1.54, 1.807) is 13.1 Å². The van der Waals surface area contributed by atoms with Gasteiger partial charge in [-0.2, -0.15) is 0 Å². The average molecular weight is 286 g/mol. The lowest BCUT2D eigenvalue weighted by atomic mass is 10.2. The Balaban J connectivity index is 1.96. The Kier molecular flexibility index (Phi) is 3.17. The van der Waals surface area contributed by atoms with Crippen molar-refractivity contribution in [3.8, 4) is 5.69 Å². The normalized spacial score (nSPS) is 14.7. The molecule has 0 amide bonds. The predicted molar refractivity (Wildman–Crippen MR) is 78.4 cm³/mol. The molecule has 0 spiro atoms. The summed E-state index contributed by atoms with van der Waals surface area (Å²) in [6, 6.07) is 6.17. The first-order valence-corrected chi connectivity index (χ1v) is 6.66. The number of nitrogens with one attached hydrogen (secondary N) is 1. The first-order valence-electron chi connectivity index (χ1n) is 6.66. The highest BCUT2D eigenvalue weighted by Crippen LogP contribution is 2.23. The van der Waals surface area contributed by atoms with E-state index in [9.17, 15) is 14.9 Å². The van der Waals surface area contributed by atoms with Crippen LogP contribution in [0.1, 0.15) is 24.1 Å². The number of rotatable bonds is 4. The number of aliphatic imine (C=N–C) groups is 1. The Labute approximate surface area is 120 Å². The van der Waals surface area contributed by atoms with Gasteiger partial charge in [0.15, 0.2) is 0 Å². The van der Waals surface area contributed by atoms with Crippen LogP contribution in [0.2, 0.25) is 0 Å². The molecular weight excluding hydrogens is 272 g/mol. The Hall–Kier alpha value is -2.70. The van der Waals surface area contributed by atoms with Gasteiger partial charge in [-0.1, -0.05) is 0 Å². The number of aryl methyl sites for hydroxylation is 1. The molecule has 1 saturated carbocycles. The largest absolute Gasteiger partial charge is 0.295 e. The number of benzene rings is 1. The lowest BCUT2D eigenvalue weighted by Gasteiger charge is -2.00. The smallest absolute Gasteiger partial charge is 0.280 e. The molecule has 1 heterocycles. The van der Waals surface area contributed by atoms with Crippen molar-refractivity contribution in [1.82, 2.24) is 9.78 Å². The Morgan fingerprint density at radius 1 is 1.38 bits per heavy atom. The van der Waals surface area contributed by atoms with Crippen molar-refractivity contribution in [1.29, 1.82) is 0 Å². The van der Waals surface area contributed by atoms with Crippen LogP contribution in [-0.2, 0) is 0 Å². The zero-order valence-electron chi connectivity index (χ0n) is 11.4. The molecule has 108 valence electrons. The number of nitro groups is 1. The number of hydrogen-bond donors (Lipinski definition) is 1. The van der Waals surface area contributed by atoms with E-state index < -0.39 is 4.92 Å². The third kappa shape index (κ3) is 2.62. The fourth-order valence-electron chi connectivity index (χ4n) is 2.02. The first-order chi connectivity index (χ1) is 10.1. The monoisotopic (exact) mass is 286 g/mol. The first kappa shape index (κ1) is 13.3. The van der Waals surface area contributed by atoms with Crippen LogP contribution in [0.4, 0.5) is 5.69 Å². The van der Waals surface area contributed by atoms with Gasteiger partial charge in [-0.25, -0.2) is 4.68 Å². The minimum Gasteiger partial charge on any atom is -0.295 e. The van der Waals surface area contributed by atoms with E-state index in [1.165, 1.54) is 28.9 Å². The molecule has 1 aromatic heterocycles. The van der Waals surface area contributed by atoms with Crippen molar-refractivity contribution in [2.45, 2.75) is 25.8 Å². The summed E-state index contributed by atoms with van der Waals surface area (Å²) in [4.78, 5) is 26.8. The van der Waals surface area contributed by atoms with Crippen LogP contribution in [-0.4, -0.2) is 27.0 Å². The van der Waals surface area contributed by atoms with E-state index in [4.69, 9.17) is 0 Å². The van der Waals surface area contributed by atoms with Gasteiger partial charge in [0.05, 0.1) is 22.2 Å². The van der Waals surface area contributed by atoms with Gasteiger partial charge >= 0.3 is 0 Å².